The summed E-state index contributed by atoms with van der Waals surface area (Å²) in [6.45, 7) is 3.86. The van der Waals surface area contributed by atoms with Gasteiger partial charge in [0.1, 0.15) is 5.75 Å². The van der Waals surface area contributed by atoms with Crippen LogP contribution in [0.4, 0.5) is 11.4 Å². The third-order valence-electron chi connectivity index (χ3n) is 4.06. The number of nitrogens with one attached hydrogen (secondary N) is 1. The van der Waals surface area contributed by atoms with E-state index in [2.05, 4.69) is 37.7 Å². The quantitative estimate of drug-likeness (QED) is 0.723. The number of carbonyl (C=O) groups is 1. The van der Waals surface area contributed by atoms with Gasteiger partial charge in [-0.1, -0.05) is 6.07 Å². The van der Waals surface area contributed by atoms with Gasteiger partial charge in [0.25, 0.3) is 0 Å². The van der Waals surface area contributed by atoms with E-state index < -0.39 is 0 Å². The molecule has 1 aliphatic heterocycles. The molecule has 24 heavy (non-hydrogen) atoms. The van der Waals surface area contributed by atoms with E-state index in [1.54, 1.807) is 12.1 Å². The lowest BCUT2D eigenvalue weighted by molar-refractivity contribution is -0.117. The molecule has 0 atom stereocenters. The number of phenolic OH excluding ortho intramolecular Hbond substituents is 1. The zero-order valence-electron chi connectivity index (χ0n) is 13.3. The monoisotopic (exact) mass is 437 g/mol. The summed E-state index contributed by atoms with van der Waals surface area (Å²) in [7, 11) is 0. The maximum atomic E-state index is 12.2. The molecule has 0 aromatic heterocycles. The van der Waals surface area contributed by atoms with E-state index in [9.17, 15) is 9.90 Å². The molecule has 3 rings (SSSR count). The fourth-order valence-electron chi connectivity index (χ4n) is 2.80. The van der Waals surface area contributed by atoms with Crippen LogP contribution in [0, 0.1) is 3.57 Å². The average molecular weight is 437 g/mol. The molecule has 2 aromatic rings. The Labute approximate surface area is 155 Å². The first-order valence-corrected chi connectivity index (χ1v) is 9.00. The molecule has 1 aliphatic rings. The van der Waals surface area contributed by atoms with Gasteiger partial charge in [-0.25, -0.2) is 0 Å². The normalized spacial score (nSPS) is 15.3. The van der Waals surface area contributed by atoms with E-state index in [1.165, 1.54) is 0 Å². The maximum Gasteiger partial charge on any atom is 0.238 e. The average Bonchev–Trinajstić information content (AvgIpc) is 2.56. The Bertz CT molecular complexity index is 698. The van der Waals surface area contributed by atoms with Crippen molar-refractivity contribution < 1.29 is 9.90 Å². The third-order valence-corrected chi connectivity index (χ3v) is 4.73. The fraction of sp³-hybridized carbons (Fsp3) is 0.278. The molecular weight excluding hydrogens is 417 g/mol. The van der Waals surface area contributed by atoms with Crippen LogP contribution in [0.5, 0.6) is 5.75 Å². The molecule has 126 valence electrons. The van der Waals surface area contributed by atoms with Gasteiger partial charge in [0.05, 0.1) is 6.54 Å². The number of amides is 1. The number of nitrogens with zero attached hydrogens (tertiary/aromatic N) is 2. The Balaban J connectivity index is 1.48. The Morgan fingerprint density at radius 3 is 2.46 bits per heavy atom. The summed E-state index contributed by atoms with van der Waals surface area (Å²) < 4.78 is 1.10. The van der Waals surface area contributed by atoms with E-state index in [0.29, 0.717) is 6.54 Å². The van der Waals surface area contributed by atoms with E-state index in [0.717, 1.165) is 41.1 Å². The van der Waals surface area contributed by atoms with Gasteiger partial charge < -0.3 is 15.3 Å². The number of hydrogen-bond acceptors (Lipinski definition) is 4. The predicted octanol–water partition coefficient (Wildman–Crippen LogP) is 2.76. The number of benzene rings is 2. The molecule has 0 unspecified atom stereocenters. The Hall–Kier alpha value is -1.80. The minimum atomic E-state index is 0.0232. The van der Waals surface area contributed by atoms with Gasteiger partial charge in [0.15, 0.2) is 0 Å². The van der Waals surface area contributed by atoms with Crippen molar-refractivity contribution in [3.63, 3.8) is 0 Å². The molecule has 0 saturated carbocycles. The summed E-state index contributed by atoms with van der Waals surface area (Å²) in [4.78, 5) is 16.6. The van der Waals surface area contributed by atoms with Crippen LogP contribution in [0.3, 0.4) is 0 Å². The lowest BCUT2D eigenvalue weighted by Crippen LogP contribution is -2.48. The van der Waals surface area contributed by atoms with Gasteiger partial charge in [-0.2, -0.15) is 0 Å². The summed E-state index contributed by atoms with van der Waals surface area (Å²) in [5.74, 6) is 0.305. The van der Waals surface area contributed by atoms with Crippen molar-refractivity contribution in [2.45, 2.75) is 0 Å². The van der Waals surface area contributed by atoms with Crippen molar-refractivity contribution in [1.82, 2.24) is 4.90 Å². The minimum Gasteiger partial charge on any atom is -0.508 e. The van der Waals surface area contributed by atoms with Gasteiger partial charge in [0, 0.05) is 41.1 Å². The summed E-state index contributed by atoms with van der Waals surface area (Å²) in [6.07, 6.45) is 0. The zero-order valence-corrected chi connectivity index (χ0v) is 15.4. The van der Waals surface area contributed by atoms with Gasteiger partial charge in [0.2, 0.25) is 5.91 Å². The van der Waals surface area contributed by atoms with Crippen molar-refractivity contribution in [1.29, 1.82) is 0 Å². The van der Waals surface area contributed by atoms with Crippen LogP contribution < -0.4 is 10.2 Å². The molecule has 0 spiro atoms. The van der Waals surface area contributed by atoms with Crippen molar-refractivity contribution in [3.05, 3.63) is 52.1 Å². The lowest BCUT2D eigenvalue weighted by atomic mass is 10.2. The highest BCUT2D eigenvalue weighted by atomic mass is 127. The smallest absolute Gasteiger partial charge is 0.238 e. The zero-order chi connectivity index (χ0) is 16.9. The number of rotatable bonds is 4. The summed E-state index contributed by atoms with van der Waals surface area (Å²) in [5, 5.41) is 12.3. The summed E-state index contributed by atoms with van der Waals surface area (Å²) in [5.41, 5.74) is 1.95. The SMILES string of the molecule is O=C(CN1CCN(c2ccc(O)cc2)CC1)Nc1cccc(I)c1. The molecule has 1 heterocycles. The highest BCUT2D eigenvalue weighted by Gasteiger charge is 2.19. The topological polar surface area (TPSA) is 55.8 Å². The third kappa shape index (κ3) is 4.61. The number of carbonyl (C=O) groups excluding carboxylic acids is 1. The van der Waals surface area contributed by atoms with Crippen molar-refractivity contribution in [2.24, 2.45) is 0 Å². The highest BCUT2D eigenvalue weighted by molar-refractivity contribution is 14.1. The van der Waals surface area contributed by atoms with Gasteiger partial charge >= 0.3 is 0 Å². The number of hydrogen-bond donors (Lipinski definition) is 2. The second kappa shape index (κ2) is 7.85. The first-order valence-electron chi connectivity index (χ1n) is 7.92. The van der Waals surface area contributed by atoms with Crippen LogP contribution in [0.1, 0.15) is 0 Å². The second-order valence-electron chi connectivity index (χ2n) is 5.84. The van der Waals surface area contributed by atoms with Gasteiger partial charge in [-0.05, 0) is 65.1 Å². The molecule has 1 amide bonds. The van der Waals surface area contributed by atoms with Crippen molar-refractivity contribution >= 4 is 39.9 Å². The molecule has 0 aliphatic carbocycles. The number of halogens is 1. The molecule has 5 nitrogen and oxygen atoms in total. The van der Waals surface area contributed by atoms with Crippen LogP contribution >= 0.6 is 22.6 Å². The Morgan fingerprint density at radius 2 is 1.79 bits per heavy atom. The maximum absolute atomic E-state index is 12.2. The second-order valence-corrected chi connectivity index (χ2v) is 7.08. The summed E-state index contributed by atoms with van der Waals surface area (Å²) in [6, 6.07) is 15.1. The number of piperazine rings is 1. The van der Waals surface area contributed by atoms with Crippen LogP contribution in [0.15, 0.2) is 48.5 Å². The molecule has 0 bridgehead atoms. The predicted molar refractivity (Wildman–Crippen MR) is 105 cm³/mol. The fourth-order valence-corrected chi connectivity index (χ4v) is 3.34. The van der Waals surface area contributed by atoms with Crippen LogP contribution in [0.25, 0.3) is 0 Å². The van der Waals surface area contributed by atoms with Gasteiger partial charge in [-0.15, -0.1) is 0 Å². The number of anilines is 2. The molecular formula is C18H20IN3O2. The Kier molecular flexibility index (Phi) is 5.57. The molecule has 1 saturated heterocycles. The van der Waals surface area contributed by atoms with Crippen LogP contribution in [-0.2, 0) is 4.79 Å². The minimum absolute atomic E-state index is 0.0232. The molecule has 6 heteroatoms. The standard InChI is InChI=1S/C18H20IN3O2/c19-14-2-1-3-15(12-14)20-18(24)13-21-8-10-22(11-9-21)16-4-6-17(23)7-5-16/h1-7,12,23H,8-11,13H2,(H,20,24). The molecule has 2 N–H and O–H groups in total. The van der Waals surface area contributed by atoms with Crippen molar-refractivity contribution in [2.75, 3.05) is 42.9 Å². The molecule has 1 fully saturated rings. The Morgan fingerprint density at radius 1 is 1.08 bits per heavy atom. The van der Waals surface area contributed by atoms with E-state index in [1.807, 2.05) is 36.4 Å². The number of phenols is 1. The molecule has 0 radical (unpaired) electrons. The first-order chi connectivity index (χ1) is 11.6. The largest absolute Gasteiger partial charge is 0.508 e. The van der Waals surface area contributed by atoms with Gasteiger partial charge in [-0.3, -0.25) is 9.69 Å². The van der Waals surface area contributed by atoms with Crippen LogP contribution in [0.2, 0.25) is 0 Å². The van der Waals surface area contributed by atoms with Crippen LogP contribution in [-0.4, -0.2) is 48.6 Å². The molecule has 2 aromatic carbocycles. The highest BCUT2D eigenvalue weighted by Crippen LogP contribution is 2.19. The van der Waals surface area contributed by atoms with E-state index in [-0.39, 0.29) is 11.7 Å². The summed E-state index contributed by atoms with van der Waals surface area (Å²) >= 11 is 2.23. The van der Waals surface area contributed by atoms with E-state index >= 15 is 0 Å². The van der Waals surface area contributed by atoms with Crippen molar-refractivity contribution in [3.8, 4) is 5.75 Å². The first kappa shape index (κ1) is 17.0. The van der Waals surface area contributed by atoms with E-state index in [4.69, 9.17) is 0 Å². The number of aromatic hydroxyl groups is 1. The lowest BCUT2D eigenvalue weighted by Gasteiger charge is -2.35.